The summed E-state index contributed by atoms with van der Waals surface area (Å²) in [5, 5.41) is 21.4. The lowest BCUT2D eigenvalue weighted by atomic mass is 9.87. The van der Waals surface area contributed by atoms with E-state index in [-0.39, 0.29) is 39.9 Å². The molecule has 0 spiro atoms. The summed E-state index contributed by atoms with van der Waals surface area (Å²) in [6, 6.07) is 4.78. The van der Waals surface area contributed by atoms with E-state index in [2.05, 4.69) is 5.32 Å². The van der Waals surface area contributed by atoms with Crippen molar-refractivity contribution in [2.45, 2.75) is 55.3 Å². The van der Waals surface area contributed by atoms with Crippen LogP contribution in [-0.2, 0) is 9.84 Å². The molecule has 1 aliphatic carbocycles. The SMILES string of the molecule is CC[C@@](O)(CO)C[C@@H]1CCC(C)[C@H]1S(=O)(=O)c1cc(C(=O)Nc2cc(F)c(F)c(F)c2)ccc1Cl. The van der Waals surface area contributed by atoms with Crippen LogP contribution in [-0.4, -0.2) is 42.0 Å². The number of aliphatic hydroxyl groups is 2. The van der Waals surface area contributed by atoms with Crippen molar-refractivity contribution in [2.75, 3.05) is 11.9 Å². The second-order valence-corrected chi connectivity index (χ2v) is 11.6. The quantitative estimate of drug-likeness (QED) is 0.426. The Bertz CT molecular complexity index is 1200. The Hall–Kier alpha value is -2.14. The molecule has 11 heteroatoms. The van der Waals surface area contributed by atoms with Crippen molar-refractivity contribution < 1.29 is 36.6 Å². The lowest BCUT2D eigenvalue weighted by Gasteiger charge is -2.31. The number of hydrogen-bond donors (Lipinski definition) is 3. The molecule has 35 heavy (non-hydrogen) atoms. The Labute approximate surface area is 207 Å². The van der Waals surface area contributed by atoms with Crippen molar-refractivity contribution in [3.63, 3.8) is 0 Å². The molecule has 2 aromatic carbocycles. The van der Waals surface area contributed by atoms with Gasteiger partial charge in [0.25, 0.3) is 5.91 Å². The molecule has 1 amide bonds. The molecule has 3 rings (SSSR count). The third-order valence-electron chi connectivity index (χ3n) is 6.71. The minimum atomic E-state index is -4.08. The Morgan fingerprint density at radius 1 is 1.17 bits per heavy atom. The van der Waals surface area contributed by atoms with Gasteiger partial charge in [0.05, 0.1) is 27.4 Å². The number of hydrogen-bond acceptors (Lipinski definition) is 5. The van der Waals surface area contributed by atoms with Crippen molar-refractivity contribution in [2.24, 2.45) is 11.8 Å². The smallest absolute Gasteiger partial charge is 0.255 e. The van der Waals surface area contributed by atoms with Crippen LogP contribution in [0.15, 0.2) is 35.2 Å². The van der Waals surface area contributed by atoms with E-state index in [0.717, 1.165) is 6.07 Å². The summed E-state index contributed by atoms with van der Waals surface area (Å²) in [6.45, 7) is 2.99. The molecule has 3 N–H and O–H groups in total. The molecule has 1 saturated carbocycles. The summed E-state index contributed by atoms with van der Waals surface area (Å²) in [7, 11) is -4.08. The first kappa shape index (κ1) is 27.4. The molecule has 1 unspecified atom stereocenters. The molecular weight excluding hydrogens is 507 g/mol. The predicted octanol–water partition coefficient (Wildman–Crippen LogP) is 4.72. The summed E-state index contributed by atoms with van der Waals surface area (Å²) in [6.07, 6.45) is 1.47. The minimum Gasteiger partial charge on any atom is -0.393 e. The zero-order valence-electron chi connectivity index (χ0n) is 19.2. The van der Waals surface area contributed by atoms with Gasteiger partial charge >= 0.3 is 0 Å². The molecule has 1 aliphatic rings. The second kappa shape index (κ2) is 10.5. The van der Waals surface area contributed by atoms with E-state index < -0.39 is 56.6 Å². The van der Waals surface area contributed by atoms with Gasteiger partial charge in [-0.1, -0.05) is 25.4 Å². The topological polar surface area (TPSA) is 104 Å². The van der Waals surface area contributed by atoms with Gasteiger partial charge in [0.2, 0.25) is 0 Å². The van der Waals surface area contributed by atoms with Crippen molar-refractivity contribution in [3.8, 4) is 0 Å². The Morgan fingerprint density at radius 3 is 2.37 bits per heavy atom. The van der Waals surface area contributed by atoms with E-state index in [0.29, 0.717) is 25.0 Å². The van der Waals surface area contributed by atoms with Crippen LogP contribution in [0.25, 0.3) is 0 Å². The molecule has 4 atom stereocenters. The Balaban J connectivity index is 1.93. The number of sulfone groups is 1. The molecule has 0 heterocycles. The van der Waals surface area contributed by atoms with Gasteiger partial charge in [-0.15, -0.1) is 0 Å². The highest BCUT2D eigenvalue weighted by Crippen LogP contribution is 2.44. The Kier molecular flexibility index (Phi) is 8.20. The summed E-state index contributed by atoms with van der Waals surface area (Å²) in [5.41, 5.74) is -1.90. The molecule has 2 aromatic rings. The largest absolute Gasteiger partial charge is 0.393 e. The maximum Gasteiger partial charge on any atom is 0.255 e. The summed E-state index contributed by atoms with van der Waals surface area (Å²) in [5.74, 6) is -6.24. The number of carbonyl (C=O) groups excluding carboxylic acids is 1. The molecule has 0 bridgehead atoms. The fraction of sp³-hybridized carbons (Fsp3) is 0.458. The zero-order valence-corrected chi connectivity index (χ0v) is 20.8. The third-order valence-corrected chi connectivity index (χ3v) is 9.67. The first-order valence-corrected chi connectivity index (χ1v) is 13.1. The molecule has 0 aromatic heterocycles. The fourth-order valence-electron chi connectivity index (χ4n) is 4.70. The normalized spacial score (nSPS) is 22.1. The number of anilines is 1. The summed E-state index contributed by atoms with van der Waals surface area (Å²) >= 11 is 6.23. The van der Waals surface area contributed by atoms with Crippen molar-refractivity contribution in [1.29, 1.82) is 0 Å². The van der Waals surface area contributed by atoms with Crippen LogP contribution in [0.5, 0.6) is 0 Å². The van der Waals surface area contributed by atoms with E-state index in [1.165, 1.54) is 12.1 Å². The second-order valence-electron chi connectivity index (χ2n) is 9.12. The third kappa shape index (κ3) is 5.66. The van der Waals surface area contributed by atoms with Gasteiger partial charge < -0.3 is 15.5 Å². The van der Waals surface area contributed by atoms with E-state index in [9.17, 15) is 36.6 Å². The van der Waals surface area contributed by atoms with Gasteiger partial charge in [-0.05, 0) is 55.7 Å². The molecule has 0 radical (unpaired) electrons. The number of rotatable bonds is 8. The number of aliphatic hydroxyl groups excluding tert-OH is 1. The highest BCUT2D eigenvalue weighted by atomic mass is 35.5. The van der Waals surface area contributed by atoms with E-state index in [1.54, 1.807) is 13.8 Å². The average molecular weight is 534 g/mol. The van der Waals surface area contributed by atoms with Crippen molar-refractivity contribution >= 4 is 33.0 Å². The number of benzene rings is 2. The van der Waals surface area contributed by atoms with Crippen LogP contribution in [0.2, 0.25) is 5.02 Å². The zero-order chi connectivity index (χ0) is 26.1. The molecular formula is C24H27ClF3NO5S. The van der Waals surface area contributed by atoms with Gasteiger partial charge in [-0.25, -0.2) is 21.6 Å². The average Bonchev–Trinajstić information content (AvgIpc) is 3.17. The van der Waals surface area contributed by atoms with Crippen LogP contribution >= 0.6 is 11.6 Å². The summed E-state index contributed by atoms with van der Waals surface area (Å²) < 4.78 is 67.5. The highest BCUT2D eigenvalue weighted by Gasteiger charge is 2.46. The standard InChI is InChI=1S/C24H27ClF3NO5S/c1-3-24(32,12-30)11-15-5-4-13(2)22(15)35(33,34)20-8-14(6-7-17(20)25)23(31)29-16-9-18(26)21(28)19(27)10-16/h6-10,13,15,22,30,32H,3-5,11-12H2,1-2H3,(H,29,31)/t13?,15-,22+,24-/m0/s1. The number of carbonyl (C=O) groups is 1. The predicted molar refractivity (Wildman–Crippen MR) is 126 cm³/mol. The van der Waals surface area contributed by atoms with Gasteiger partial charge in [-0.3, -0.25) is 4.79 Å². The molecule has 0 saturated heterocycles. The maximum atomic E-state index is 13.7. The maximum absolute atomic E-state index is 13.7. The van der Waals surface area contributed by atoms with E-state index >= 15 is 0 Å². The molecule has 1 fully saturated rings. The summed E-state index contributed by atoms with van der Waals surface area (Å²) in [4.78, 5) is 12.4. The Morgan fingerprint density at radius 2 is 1.80 bits per heavy atom. The van der Waals surface area contributed by atoms with Crippen LogP contribution in [0.3, 0.4) is 0 Å². The minimum absolute atomic E-state index is 0.0910. The lowest BCUT2D eigenvalue weighted by molar-refractivity contribution is -0.0354. The monoisotopic (exact) mass is 533 g/mol. The van der Waals surface area contributed by atoms with E-state index in [4.69, 9.17) is 11.6 Å². The van der Waals surface area contributed by atoms with Gasteiger partial charge in [-0.2, -0.15) is 0 Å². The van der Waals surface area contributed by atoms with E-state index in [1.807, 2.05) is 0 Å². The fourth-order valence-corrected chi connectivity index (χ4v) is 7.55. The number of nitrogens with one attached hydrogen (secondary N) is 1. The number of halogens is 4. The van der Waals surface area contributed by atoms with Gasteiger partial charge in [0.1, 0.15) is 0 Å². The number of amides is 1. The van der Waals surface area contributed by atoms with Crippen molar-refractivity contribution in [1.82, 2.24) is 0 Å². The molecule has 0 aliphatic heterocycles. The molecule has 192 valence electrons. The van der Waals surface area contributed by atoms with Crippen LogP contribution in [0.1, 0.15) is 49.9 Å². The highest BCUT2D eigenvalue weighted by molar-refractivity contribution is 7.92. The van der Waals surface area contributed by atoms with Crippen LogP contribution in [0, 0.1) is 29.3 Å². The first-order valence-electron chi connectivity index (χ1n) is 11.2. The van der Waals surface area contributed by atoms with Gasteiger partial charge in [0, 0.05) is 23.4 Å². The van der Waals surface area contributed by atoms with Gasteiger partial charge in [0.15, 0.2) is 27.3 Å². The van der Waals surface area contributed by atoms with Crippen molar-refractivity contribution in [3.05, 3.63) is 58.4 Å². The van der Waals surface area contributed by atoms with Crippen LogP contribution < -0.4 is 5.32 Å². The first-order chi connectivity index (χ1) is 16.3. The van der Waals surface area contributed by atoms with Crippen LogP contribution in [0.4, 0.5) is 18.9 Å². The lowest BCUT2D eigenvalue weighted by Crippen LogP contribution is -2.39. The molecule has 6 nitrogen and oxygen atoms in total.